The number of alkyl halides is 4. The molecule has 1 aliphatic carbocycles. The molecule has 1 fully saturated rings. The van der Waals surface area contributed by atoms with Crippen LogP contribution in [0.5, 0.6) is 0 Å². The first kappa shape index (κ1) is 14.7. The zero-order valence-corrected chi connectivity index (χ0v) is 11.5. The third-order valence-electron chi connectivity index (χ3n) is 3.17. The van der Waals surface area contributed by atoms with Crippen molar-refractivity contribution in [3.05, 3.63) is 22.8 Å². The van der Waals surface area contributed by atoms with Gasteiger partial charge in [-0.05, 0) is 18.9 Å². The second kappa shape index (κ2) is 5.75. The Balaban J connectivity index is 2.13. The summed E-state index contributed by atoms with van der Waals surface area (Å²) in [5.41, 5.74) is -0.853. The maximum atomic E-state index is 12.5. The van der Waals surface area contributed by atoms with Crippen molar-refractivity contribution in [2.75, 3.05) is 5.32 Å². The van der Waals surface area contributed by atoms with Crippen LogP contribution in [0, 0.1) is 0 Å². The second-order valence-corrected chi connectivity index (χ2v) is 5.57. The first-order chi connectivity index (χ1) is 8.88. The summed E-state index contributed by atoms with van der Waals surface area (Å²) in [4.78, 5) is 3.75. The molecule has 1 aromatic rings. The summed E-state index contributed by atoms with van der Waals surface area (Å²) in [7, 11) is 0. The predicted octanol–water partition coefficient (Wildman–Crippen LogP) is 4.72. The molecule has 0 aliphatic heterocycles. The topological polar surface area (TPSA) is 24.9 Å². The van der Waals surface area contributed by atoms with Crippen molar-refractivity contribution in [2.24, 2.45) is 0 Å². The molecular weight excluding hydrogens is 300 g/mol. The maximum absolute atomic E-state index is 12.5. The van der Waals surface area contributed by atoms with Crippen molar-refractivity contribution in [1.82, 2.24) is 4.98 Å². The van der Waals surface area contributed by atoms with Crippen LogP contribution in [-0.2, 0) is 6.18 Å². The summed E-state index contributed by atoms with van der Waals surface area (Å²) in [6, 6.07) is 0.875. The number of anilines is 1. The molecule has 2 rings (SSSR count). The van der Waals surface area contributed by atoms with Gasteiger partial charge in [0.15, 0.2) is 0 Å². The van der Waals surface area contributed by atoms with Crippen molar-refractivity contribution in [1.29, 1.82) is 0 Å². The van der Waals surface area contributed by atoms with Crippen LogP contribution in [0.1, 0.15) is 31.2 Å². The molecule has 1 aliphatic rings. The third-order valence-corrected chi connectivity index (χ3v) is 3.98. The largest absolute Gasteiger partial charge is 0.417 e. The van der Waals surface area contributed by atoms with Crippen LogP contribution in [-0.4, -0.2) is 16.4 Å². The molecule has 1 aromatic heterocycles. The maximum Gasteiger partial charge on any atom is 0.417 e. The Hall–Kier alpha value is -0.680. The van der Waals surface area contributed by atoms with Crippen LogP contribution >= 0.6 is 23.2 Å². The van der Waals surface area contributed by atoms with Gasteiger partial charge in [0.05, 0.1) is 16.0 Å². The Kier molecular flexibility index (Phi) is 4.46. The molecule has 2 nitrogen and oxygen atoms in total. The number of nitrogens with one attached hydrogen (secondary N) is 1. The second-order valence-electron chi connectivity index (χ2n) is 4.60. The Morgan fingerprint density at radius 1 is 1.26 bits per heavy atom. The number of aromatic nitrogens is 1. The lowest BCUT2D eigenvalue weighted by Crippen LogP contribution is -2.33. The molecule has 1 saturated carbocycles. The molecule has 0 radical (unpaired) electrons. The number of nitrogens with zero attached hydrogens (tertiary/aromatic N) is 1. The van der Waals surface area contributed by atoms with Crippen LogP contribution in [0.2, 0.25) is 5.02 Å². The third kappa shape index (κ3) is 3.66. The number of hydrogen-bond donors (Lipinski definition) is 1. The van der Waals surface area contributed by atoms with Crippen molar-refractivity contribution < 1.29 is 13.2 Å². The van der Waals surface area contributed by atoms with E-state index in [-0.39, 0.29) is 22.3 Å². The summed E-state index contributed by atoms with van der Waals surface area (Å²) in [6.45, 7) is 0. The molecule has 0 amide bonds. The molecule has 0 bridgehead atoms. The number of pyridine rings is 1. The molecule has 7 heteroatoms. The van der Waals surface area contributed by atoms with Crippen LogP contribution in [0.3, 0.4) is 0 Å². The van der Waals surface area contributed by atoms with E-state index < -0.39 is 11.7 Å². The molecule has 1 N–H and O–H groups in total. The normalized spacial score (nSPS) is 24.3. The van der Waals surface area contributed by atoms with Gasteiger partial charge in [0.1, 0.15) is 5.82 Å². The Labute approximate surface area is 119 Å². The fraction of sp³-hybridized carbons (Fsp3) is 0.583. The Morgan fingerprint density at radius 3 is 2.53 bits per heavy atom. The standard InChI is InChI=1S/C12H13Cl2F3N2/c13-8-3-1-2-4-10(8)19-11-9(14)5-7(6-18-11)12(15,16)17/h5-6,8,10H,1-4H2,(H,18,19). The van der Waals surface area contributed by atoms with Gasteiger partial charge in [-0.2, -0.15) is 13.2 Å². The summed E-state index contributed by atoms with van der Waals surface area (Å²) in [6.07, 6.45) is 0.208. The molecule has 2 atom stereocenters. The van der Waals surface area contributed by atoms with E-state index in [1.54, 1.807) is 0 Å². The fourth-order valence-electron chi connectivity index (χ4n) is 2.12. The Morgan fingerprint density at radius 2 is 1.95 bits per heavy atom. The lowest BCUT2D eigenvalue weighted by atomic mass is 9.95. The summed E-state index contributed by atoms with van der Waals surface area (Å²) in [5, 5.41) is 2.95. The van der Waals surface area contributed by atoms with Gasteiger partial charge in [0, 0.05) is 12.2 Å². The highest BCUT2D eigenvalue weighted by Crippen LogP contribution is 2.33. The van der Waals surface area contributed by atoms with Gasteiger partial charge in [-0.3, -0.25) is 0 Å². The summed E-state index contributed by atoms with van der Waals surface area (Å²) < 4.78 is 37.4. The van der Waals surface area contributed by atoms with E-state index in [1.165, 1.54) is 0 Å². The van der Waals surface area contributed by atoms with Gasteiger partial charge in [0.2, 0.25) is 0 Å². The minimum absolute atomic E-state index is 0.00264. The number of halogens is 5. The summed E-state index contributed by atoms with van der Waals surface area (Å²) >= 11 is 12.0. The van der Waals surface area contributed by atoms with Crippen molar-refractivity contribution >= 4 is 29.0 Å². The van der Waals surface area contributed by atoms with E-state index in [0.29, 0.717) is 0 Å². The van der Waals surface area contributed by atoms with Crippen molar-refractivity contribution in [3.8, 4) is 0 Å². The zero-order chi connectivity index (χ0) is 14.0. The monoisotopic (exact) mass is 312 g/mol. The molecule has 0 aromatic carbocycles. The molecule has 2 unspecified atom stereocenters. The minimum Gasteiger partial charge on any atom is -0.365 e. The SMILES string of the molecule is FC(F)(F)c1cnc(NC2CCCCC2Cl)c(Cl)c1. The van der Waals surface area contributed by atoms with E-state index in [1.807, 2.05) is 0 Å². The average Bonchev–Trinajstić information content (AvgIpc) is 2.33. The van der Waals surface area contributed by atoms with Crippen molar-refractivity contribution in [3.63, 3.8) is 0 Å². The van der Waals surface area contributed by atoms with Crippen LogP contribution in [0.25, 0.3) is 0 Å². The van der Waals surface area contributed by atoms with Gasteiger partial charge >= 0.3 is 6.18 Å². The zero-order valence-electron chi connectivity index (χ0n) is 9.97. The van der Waals surface area contributed by atoms with Gasteiger partial charge in [-0.1, -0.05) is 24.4 Å². The molecule has 0 spiro atoms. The van der Waals surface area contributed by atoms with Crippen molar-refractivity contribution in [2.45, 2.75) is 43.3 Å². The number of rotatable bonds is 2. The summed E-state index contributed by atoms with van der Waals surface area (Å²) in [5.74, 6) is 0.257. The van der Waals surface area contributed by atoms with Gasteiger partial charge in [-0.25, -0.2) is 4.98 Å². The van der Waals surface area contributed by atoms with E-state index in [0.717, 1.165) is 37.9 Å². The van der Waals surface area contributed by atoms with Crippen LogP contribution in [0.15, 0.2) is 12.3 Å². The quantitative estimate of drug-likeness (QED) is 0.799. The molecule has 0 saturated heterocycles. The molecule has 1 heterocycles. The fourth-order valence-corrected chi connectivity index (χ4v) is 2.69. The highest BCUT2D eigenvalue weighted by molar-refractivity contribution is 6.33. The van der Waals surface area contributed by atoms with Crippen LogP contribution < -0.4 is 5.32 Å². The van der Waals surface area contributed by atoms with E-state index in [2.05, 4.69) is 10.3 Å². The van der Waals surface area contributed by atoms with Gasteiger partial charge < -0.3 is 5.32 Å². The van der Waals surface area contributed by atoms with Gasteiger partial charge in [0.25, 0.3) is 0 Å². The predicted molar refractivity (Wildman–Crippen MR) is 69.8 cm³/mol. The molecule has 19 heavy (non-hydrogen) atoms. The average molecular weight is 313 g/mol. The number of hydrogen-bond acceptors (Lipinski definition) is 2. The lowest BCUT2D eigenvalue weighted by Gasteiger charge is -2.28. The first-order valence-corrected chi connectivity index (χ1v) is 6.82. The van der Waals surface area contributed by atoms with E-state index >= 15 is 0 Å². The Bertz CT molecular complexity index is 451. The van der Waals surface area contributed by atoms with E-state index in [9.17, 15) is 13.2 Å². The molecule has 106 valence electrons. The van der Waals surface area contributed by atoms with E-state index in [4.69, 9.17) is 23.2 Å². The van der Waals surface area contributed by atoms with Gasteiger partial charge in [-0.15, -0.1) is 11.6 Å². The lowest BCUT2D eigenvalue weighted by molar-refractivity contribution is -0.137. The highest BCUT2D eigenvalue weighted by atomic mass is 35.5. The minimum atomic E-state index is -4.44. The smallest absolute Gasteiger partial charge is 0.365 e. The van der Waals surface area contributed by atoms with Crippen LogP contribution in [0.4, 0.5) is 19.0 Å². The highest BCUT2D eigenvalue weighted by Gasteiger charge is 2.32. The first-order valence-electron chi connectivity index (χ1n) is 6.01. The molecular formula is C12H13Cl2F3N2.